The van der Waals surface area contributed by atoms with Gasteiger partial charge in [-0.3, -0.25) is 0 Å². The average molecular weight is 228 g/mol. The zero-order valence-corrected chi connectivity index (χ0v) is 11.1. The van der Waals surface area contributed by atoms with Crippen LogP contribution in [0.15, 0.2) is 0 Å². The van der Waals surface area contributed by atoms with E-state index in [1.165, 1.54) is 17.9 Å². The Bertz CT molecular complexity index is 230. The number of hydrogen-bond acceptors (Lipinski definition) is 2. The Balaban J connectivity index is 2.68. The van der Waals surface area contributed by atoms with Gasteiger partial charge in [0.2, 0.25) is 0 Å². The second-order valence-electron chi connectivity index (χ2n) is 6.12. The molecule has 2 atom stereocenters. The van der Waals surface area contributed by atoms with Gasteiger partial charge < -0.3 is 5.11 Å². The van der Waals surface area contributed by atoms with Crippen LogP contribution in [0.25, 0.3) is 0 Å². The van der Waals surface area contributed by atoms with Gasteiger partial charge in [-0.25, -0.2) is 0 Å². The van der Waals surface area contributed by atoms with Gasteiger partial charge in [-0.15, -0.1) is 10.3 Å². The van der Waals surface area contributed by atoms with Gasteiger partial charge in [-0.2, -0.15) is 0 Å². The van der Waals surface area contributed by atoms with Gasteiger partial charge in [0.05, 0.1) is 6.10 Å². The van der Waals surface area contributed by atoms with Crippen molar-refractivity contribution in [3.05, 3.63) is 0 Å². The zero-order valence-electron chi connectivity index (χ0n) is 11.1. The molecule has 1 saturated heterocycles. The first-order valence-corrected chi connectivity index (χ1v) is 6.47. The number of piperidine rings is 1. The van der Waals surface area contributed by atoms with Crippen LogP contribution < -0.4 is 0 Å². The largest absolute Gasteiger partial charge is 0.393 e. The molecule has 0 aromatic heterocycles. The molecule has 3 nitrogen and oxygen atoms in total. The van der Waals surface area contributed by atoms with Crippen LogP contribution in [0.1, 0.15) is 66.2 Å². The molecular weight excluding hydrogens is 202 g/mol. The second kappa shape index (κ2) is 5.03. The Morgan fingerprint density at radius 3 is 2.44 bits per heavy atom. The Labute approximate surface area is 99.4 Å². The van der Waals surface area contributed by atoms with Crippen molar-refractivity contribution in [2.24, 2.45) is 0 Å². The van der Waals surface area contributed by atoms with Gasteiger partial charge in [-0.1, -0.05) is 26.2 Å². The third-order valence-corrected chi connectivity index (χ3v) is 3.77. The maximum absolute atomic E-state index is 12.3. The van der Waals surface area contributed by atoms with Crippen LogP contribution in [0.5, 0.6) is 0 Å². The first kappa shape index (κ1) is 13.9. The molecule has 1 aliphatic heterocycles. The normalized spacial score (nSPS) is 35.2. The van der Waals surface area contributed by atoms with E-state index in [1.54, 1.807) is 0 Å². The summed E-state index contributed by atoms with van der Waals surface area (Å²) in [5.41, 5.74) is -0.811. The lowest BCUT2D eigenvalue weighted by Gasteiger charge is -2.50. The Hall–Kier alpha value is -0.120. The van der Waals surface area contributed by atoms with Crippen LogP contribution in [0.2, 0.25) is 0 Å². The van der Waals surface area contributed by atoms with E-state index in [0.717, 1.165) is 12.8 Å². The molecule has 1 fully saturated rings. The molecule has 0 aromatic carbocycles. The van der Waals surface area contributed by atoms with E-state index in [2.05, 4.69) is 6.92 Å². The molecule has 0 aromatic rings. The molecule has 0 spiro atoms. The van der Waals surface area contributed by atoms with Crippen molar-refractivity contribution < 1.29 is 10.3 Å². The fraction of sp³-hybridized carbons (Fsp3) is 1.00. The van der Waals surface area contributed by atoms with Crippen molar-refractivity contribution in [1.29, 1.82) is 0 Å². The molecule has 1 aliphatic rings. The Morgan fingerprint density at radius 1 is 1.25 bits per heavy atom. The summed E-state index contributed by atoms with van der Waals surface area (Å²) in [6, 6.07) is 0. The Kier molecular flexibility index (Phi) is 4.38. The molecule has 1 radical (unpaired) electrons. The van der Waals surface area contributed by atoms with Crippen LogP contribution in [-0.2, 0) is 5.21 Å². The molecular formula is C13H26NO2. The summed E-state index contributed by atoms with van der Waals surface area (Å²) in [6.45, 7) is 8.03. The monoisotopic (exact) mass is 228 g/mol. The molecule has 1 N–H and O–H groups in total. The van der Waals surface area contributed by atoms with Gasteiger partial charge in [-0.05, 0) is 40.0 Å². The lowest BCUT2D eigenvalue weighted by Crippen LogP contribution is -2.60. The summed E-state index contributed by atoms with van der Waals surface area (Å²) in [4.78, 5) is 0. The SMILES string of the molecule is CCCCCC1(C)CC(O)CC(C)(C)N1[O]. The van der Waals surface area contributed by atoms with E-state index in [0.29, 0.717) is 12.8 Å². The van der Waals surface area contributed by atoms with Crippen molar-refractivity contribution >= 4 is 0 Å². The number of aliphatic hydroxyl groups is 1. The minimum absolute atomic E-state index is 0.327. The van der Waals surface area contributed by atoms with Crippen LogP contribution in [0, 0.1) is 0 Å². The fourth-order valence-electron chi connectivity index (χ4n) is 3.01. The summed E-state index contributed by atoms with van der Waals surface area (Å²) < 4.78 is 0. The number of aliphatic hydroxyl groups excluding tert-OH is 1. The van der Waals surface area contributed by atoms with Gasteiger partial charge in [0, 0.05) is 11.1 Å². The van der Waals surface area contributed by atoms with E-state index in [-0.39, 0.29) is 11.6 Å². The van der Waals surface area contributed by atoms with Gasteiger partial charge in [0.15, 0.2) is 0 Å². The lowest BCUT2D eigenvalue weighted by atomic mass is 9.77. The van der Waals surface area contributed by atoms with E-state index in [4.69, 9.17) is 0 Å². The highest BCUT2D eigenvalue weighted by Gasteiger charge is 2.47. The third kappa shape index (κ3) is 2.96. The highest BCUT2D eigenvalue weighted by molar-refractivity contribution is 4.98. The van der Waals surface area contributed by atoms with Crippen LogP contribution in [0.4, 0.5) is 0 Å². The summed E-state index contributed by atoms with van der Waals surface area (Å²) in [5.74, 6) is 0. The summed E-state index contributed by atoms with van der Waals surface area (Å²) in [5, 5.41) is 23.4. The standard InChI is InChI=1S/C13H26NO2/c1-5-6-7-8-13(4)10-11(15)9-12(2,3)14(13)16/h11,15H,5-10H2,1-4H3. The quantitative estimate of drug-likeness (QED) is 0.752. The van der Waals surface area contributed by atoms with Crippen molar-refractivity contribution in [2.75, 3.05) is 0 Å². The second-order valence-corrected chi connectivity index (χ2v) is 6.12. The predicted molar refractivity (Wildman–Crippen MR) is 64.4 cm³/mol. The van der Waals surface area contributed by atoms with Gasteiger partial charge >= 0.3 is 0 Å². The molecule has 1 heterocycles. The topological polar surface area (TPSA) is 43.4 Å². The molecule has 95 valence electrons. The van der Waals surface area contributed by atoms with Crippen LogP contribution in [0.3, 0.4) is 0 Å². The molecule has 0 bridgehead atoms. The number of hydrogen-bond donors (Lipinski definition) is 1. The maximum atomic E-state index is 12.3. The third-order valence-electron chi connectivity index (χ3n) is 3.77. The van der Waals surface area contributed by atoms with E-state index in [9.17, 15) is 10.3 Å². The van der Waals surface area contributed by atoms with Crippen molar-refractivity contribution in [1.82, 2.24) is 5.06 Å². The minimum Gasteiger partial charge on any atom is -0.393 e. The van der Waals surface area contributed by atoms with E-state index in [1.807, 2.05) is 20.8 Å². The first-order valence-electron chi connectivity index (χ1n) is 6.47. The van der Waals surface area contributed by atoms with Crippen LogP contribution >= 0.6 is 0 Å². The molecule has 16 heavy (non-hydrogen) atoms. The minimum atomic E-state index is -0.432. The number of nitrogens with zero attached hydrogens (tertiary/aromatic N) is 1. The number of rotatable bonds is 4. The molecule has 0 aliphatic carbocycles. The van der Waals surface area contributed by atoms with Crippen LogP contribution in [-0.4, -0.2) is 27.4 Å². The first-order chi connectivity index (χ1) is 7.32. The summed E-state index contributed by atoms with van der Waals surface area (Å²) in [6.07, 6.45) is 5.18. The smallest absolute Gasteiger partial charge is 0.0577 e. The molecule has 2 unspecified atom stereocenters. The lowest BCUT2D eigenvalue weighted by molar-refractivity contribution is -0.304. The number of hydroxylamine groups is 2. The highest BCUT2D eigenvalue weighted by Crippen LogP contribution is 2.40. The zero-order chi connectivity index (χ0) is 12.4. The van der Waals surface area contributed by atoms with Crippen molar-refractivity contribution in [2.45, 2.75) is 83.4 Å². The van der Waals surface area contributed by atoms with Crippen molar-refractivity contribution in [3.8, 4) is 0 Å². The van der Waals surface area contributed by atoms with E-state index < -0.39 is 5.54 Å². The summed E-state index contributed by atoms with van der Waals surface area (Å²) >= 11 is 0. The van der Waals surface area contributed by atoms with E-state index >= 15 is 0 Å². The summed E-state index contributed by atoms with van der Waals surface area (Å²) in [7, 11) is 0. The van der Waals surface area contributed by atoms with Gasteiger partial charge in [0.1, 0.15) is 0 Å². The molecule has 3 heteroatoms. The maximum Gasteiger partial charge on any atom is 0.0577 e. The van der Waals surface area contributed by atoms with Gasteiger partial charge in [0.25, 0.3) is 0 Å². The highest BCUT2D eigenvalue weighted by atomic mass is 16.5. The molecule has 0 amide bonds. The fourth-order valence-corrected chi connectivity index (χ4v) is 3.01. The predicted octanol–water partition coefficient (Wildman–Crippen LogP) is 2.91. The van der Waals surface area contributed by atoms with Crippen molar-refractivity contribution in [3.63, 3.8) is 0 Å². The Morgan fingerprint density at radius 2 is 1.88 bits per heavy atom. The average Bonchev–Trinajstić information content (AvgIpc) is 2.14. The molecule has 0 saturated carbocycles. The number of unbranched alkanes of at least 4 members (excludes halogenated alkanes) is 2. The molecule has 1 rings (SSSR count).